The first-order chi connectivity index (χ1) is 21.3. The van der Waals surface area contributed by atoms with E-state index < -0.39 is 0 Å². The first-order valence-corrected chi connectivity index (χ1v) is 15.7. The van der Waals surface area contributed by atoms with E-state index in [1.165, 1.54) is 26.9 Å². The molecule has 3 aromatic rings. The molecular formula is C34H39Cl2N3O5. The van der Waals surface area contributed by atoms with Crippen molar-refractivity contribution in [3.63, 3.8) is 0 Å². The minimum absolute atomic E-state index is 0.0995. The average molecular weight is 641 g/mol. The summed E-state index contributed by atoms with van der Waals surface area (Å²) in [4.78, 5) is 33.8. The highest BCUT2D eigenvalue weighted by Gasteiger charge is 2.36. The summed E-state index contributed by atoms with van der Waals surface area (Å²) < 4.78 is 16.4. The SMILES string of the molecule is COc1cc(C(=O)N2CCN(C(=O)CC3CCN(Cc4ccccc4)CC3)C(c3ccc(Cl)c(Cl)c3)C2)cc(OC)c1OC. The largest absolute Gasteiger partial charge is 0.493 e. The molecule has 2 amide bonds. The molecule has 2 aliphatic heterocycles. The van der Waals surface area contributed by atoms with Crippen molar-refractivity contribution in [1.29, 1.82) is 0 Å². The Morgan fingerprint density at radius 1 is 0.818 bits per heavy atom. The third-order valence-corrected chi connectivity index (χ3v) is 9.39. The Labute approximate surface area is 269 Å². The zero-order valence-electron chi connectivity index (χ0n) is 25.4. The van der Waals surface area contributed by atoms with Crippen LogP contribution in [0.25, 0.3) is 0 Å². The van der Waals surface area contributed by atoms with Gasteiger partial charge in [-0.25, -0.2) is 0 Å². The molecule has 0 bridgehead atoms. The van der Waals surface area contributed by atoms with Crippen LogP contribution >= 0.6 is 23.2 Å². The number of carbonyl (C=O) groups is 2. The molecule has 0 N–H and O–H groups in total. The van der Waals surface area contributed by atoms with Gasteiger partial charge in [-0.15, -0.1) is 0 Å². The van der Waals surface area contributed by atoms with Crippen molar-refractivity contribution in [2.45, 2.75) is 31.8 Å². The molecule has 2 saturated heterocycles. The Balaban J connectivity index is 1.30. The predicted molar refractivity (Wildman–Crippen MR) is 172 cm³/mol. The fraction of sp³-hybridized carbons (Fsp3) is 0.412. The lowest BCUT2D eigenvalue weighted by atomic mass is 9.91. The topological polar surface area (TPSA) is 71.6 Å². The van der Waals surface area contributed by atoms with Crippen molar-refractivity contribution in [2.24, 2.45) is 5.92 Å². The Kier molecular flexibility index (Phi) is 10.6. The average Bonchev–Trinajstić information content (AvgIpc) is 3.06. The van der Waals surface area contributed by atoms with Gasteiger partial charge in [0.25, 0.3) is 5.91 Å². The van der Waals surface area contributed by atoms with Gasteiger partial charge in [0, 0.05) is 38.2 Å². The number of nitrogens with zero attached hydrogens (tertiary/aromatic N) is 3. The lowest BCUT2D eigenvalue weighted by Gasteiger charge is -2.42. The maximum atomic E-state index is 13.9. The molecule has 5 rings (SSSR count). The van der Waals surface area contributed by atoms with E-state index in [1.54, 1.807) is 29.2 Å². The molecule has 0 radical (unpaired) electrons. The van der Waals surface area contributed by atoms with Crippen LogP contribution in [-0.4, -0.2) is 80.6 Å². The number of halogens is 2. The van der Waals surface area contributed by atoms with Gasteiger partial charge in [-0.1, -0.05) is 59.6 Å². The Morgan fingerprint density at radius 3 is 2.11 bits per heavy atom. The highest BCUT2D eigenvalue weighted by molar-refractivity contribution is 6.42. The molecule has 2 fully saturated rings. The summed E-state index contributed by atoms with van der Waals surface area (Å²) >= 11 is 12.7. The summed E-state index contributed by atoms with van der Waals surface area (Å²) in [6.45, 7) is 4.00. The molecule has 2 aliphatic rings. The van der Waals surface area contributed by atoms with Gasteiger partial charge in [0.2, 0.25) is 11.7 Å². The third kappa shape index (κ3) is 7.25. The number of piperazine rings is 1. The number of methoxy groups -OCH3 is 3. The Bertz CT molecular complexity index is 1440. The number of carbonyl (C=O) groups excluding carboxylic acids is 2. The maximum absolute atomic E-state index is 13.9. The van der Waals surface area contributed by atoms with Crippen molar-refractivity contribution in [3.8, 4) is 17.2 Å². The summed E-state index contributed by atoms with van der Waals surface area (Å²) in [5.74, 6) is 1.46. The van der Waals surface area contributed by atoms with E-state index in [-0.39, 0.29) is 17.9 Å². The fourth-order valence-electron chi connectivity index (χ4n) is 6.21. The molecule has 2 heterocycles. The lowest BCUT2D eigenvalue weighted by Crippen LogP contribution is -2.52. The van der Waals surface area contributed by atoms with E-state index in [1.807, 2.05) is 17.0 Å². The fourth-order valence-corrected chi connectivity index (χ4v) is 6.52. The van der Waals surface area contributed by atoms with E-state index >= 15 is 0 Å². The Hall–Kier alpha value is -3.46. The van der Waals surface area contributed by atoms with Crippen LogP contribution in [0.4, 0.5) is 0 Å². The number of ether oxygens (including phenoxy) is 3. The van der Waals surface area contributed by atoms with E-state index in [0.717, 1.165) is 38.0 Å². The van der Waals surface area contributed by atoms with Crippen LogP contribution in [0.2, 0.25) is 10.0 Å². The summed E-state index contributed by atoms with van der Waals surface area (Å²) in [7, 11) is 4.56. The molecule has 10 heteroatoms. The maximum Gasteiger partial charge on any atom is 0.254 e. The van der Waals surface area contributed by atoms with Crippen molar-refractivity contribution in [3.05, 3.63) is 87.4 Å². The molecule has 234 valence electrons. The first-order valence-electron chi connectivity index (χ1n) is 14.9. The lowest BCUT2D eigenvalue weighted by molar-refractivity contribution is -0.137. The van der Waals surface area contributed by atoms with Crippen molar-refractivity contribution < 1.29 is 23.8 Å². The van der Waals surface area contributed by atoms with Crippen LogP contribution in [0, 0.1) is 5.92 Å². The summed E-state index contributed by atoms with van der Waals surface area (Å²) in [6.07, 6.45) is 2.45. The molecule has 3 aromatic carbocycles. The normalized spacial score (nSPS) is 17.8. The van der Waals surface area contributed by atoms with Crippen LogP contribution in [0.1, 0.15) is 46.8 Å². The number of hydrogen-bond acceptors (Lipinski definition) is 6. The molecule has 1 unspecified atom stereocenters. The Morgan fingerprint density at radius 2 is 1.50 bits per heavy atom. The number of rotatable bonds is 9. The van der Waals surface area contributed by atoms with Crippen molar-refractivity contribution >= 4 is 35.0 Å². The van der Waals surface area contributed by atoms with Gasteiger partial charge in [-0.2, -0.15) is 0 Å². The second-order valence-corrected chi connectivity index (χ2v) is 12.2. The van der Waals surface area contributed by atoms with Crippen LogP contribution in [0.15, 0.2) is 60.7 Å². The molecule has 8 nitrogen and oxygen atoms in total. The standard InChI is InChI=1S/C34H39Cl2N3O5/c1-42-30-19-26(20-31(43-2)33(30)44-3)34(41)38-15-16-39(29(22-38)25-9-10-27(35)28(36)18-25)32(40)17-23-11-13-37(14-12-23)21-24-7-5-4-6-8-24/h4-10,18-20,23,29H,11-17,21-22H2,1-3H3. The number of amides is 2. The van der Waals surface area contributed by atoms with Crippen molar-refractivity contribution in [1.82, 2.24) is 14.7 Å². The molecule has 1 atom stereocenters. The van der Waals surface area contributed by atoms with Gasteiger partial charge in [-0.3, -0.25) is 14.5 Å². The minimum Gasteiger partial charge on any atom is -0.493 e. The quantitative estimate of drug-likeness (QED) is 0.272. The van der Waals surface area contributed by atoms with E-state index in [4.69, 9.17) is 37.4 Å². The monoisotopic (exact) mass is 639 g/mol. The van der Waals surface area contributed by atoms with Gasteiger partial charge < -0.3 is 24.0 Å². The van der Waals surface area contributed by atoms with Crippen LogP contribution in [0.5, 0.6) is 17.2 Å². The minimum atomic E-state index is -0.366. The summed E-state index contributed by atoms with van der Waals surface area (Å²) in [5.41, 5.74) is 2.56. The van der Waals surface area contributed by atoms with Crippen LogP contribution < -0.4 is 14.2 Å². The second kappa shape index (κ2) is 14.5. The van der Waals surface area contributed by atoms with Gasteiger partial charge in [0.1, 0.15) is 0 Å². The zero-order valence-corrected chi connectivity index (χ0v) is 26.9. The van der Waals surface area contributed by atoms with Gasteiger partial charge in [0.15, 0.2) is 11.5 Å². The number of likely N-dealkylation sites (tertiary alicyclic amines) is 1. The number of hydrogen-bond donors (Lipinski definition) is 0. The van der Waals surface area contributed by atoms with Gasteiger partial charge in [0.05, 0.1) is 37.4 Å². The number of benzene rings is 3. The van der Waals surface area contributed by atoms with Gasteiger partial charge >= 0.3 is 0 Å². The molecule has 0 aromatic heterocycles. The first kappa shape index (κ1) is 31.9. The highest BCUT2D eigenvalue weighted by Crippen LogP contribution is 2.39. The molecular weight excluding hydrogens is 601 g/mol. The van der Waals surface area contributed by atoms with E-state index in [9.17, 15) is 9.59 Å². The molecule has 0 saturated carbocycles. The molecule has 44 heavy (non-hydrogen) atoms. The molecule has 0 spiro atoms. The second-order valence-electron chi connectivity index (χ2n) is 11.4. The van der Waals surface area contributed by atoms with Crippen LogP contribution in [0.3, 0.4) is 0 Å². The third-order valence-electron chi connectivity index (χ3n) is 8.65. The van der Waals surface area contributed by atoms with E-state index in [2.05, 4.69) is 29.2 Å². The molecule has 0 aliphatic carbocycles. The smallest absolute Gasteiger partial charge is 0.254 e. The zero-order chi connectivity index (χ0) is 31.2. The summed E-state index contributed by atoms with van der Waals surface area (Å²) in [5, 5.41) is 0.854. The van der Waals surface area contributed by atoms with E-state index in [0.29, 0.717) is 64.8 Å². The number of piperidine rings is 1. The van der Waals surface area contributed by atoms with Crippen molar-refractivity contribution in [2.75, 3.05) is 54.1 Å². The van der Waals surface area contributed by atoms with Crippen LogP contribution in [-0.2, 0) is 11.3 Å². The highest BCUT2D eigenvalue weighted by atomic mass is 35.5. The summed E-state index contributed by atoms with van der Waals surface area (Å²) in [6, 6.07) is 18.9. The van der Waals surface area contributed by atoms with Gasteiger partial charge in [-0.05, 0) is 67.2 Å². The predicted octanol–water partition coefficient (Wildman–Crippen LogP) is 6.35.